The highest BCUT2D eigenvalue weighted by molar-refractivity contribution is 14.1. The van der Waals surface area contributed by atoms with E-state index in [1.807, 2.05) is 0 Å². The molecule has 0 bridgehead atoms. The molecule has 5 heteroatoms. The van der Waals surface area contributed by atoms with Crippen molar-refractivity contribution in [2.75, 3.05) is 0 Å². The standard InChI is InChI=1S/C5H6F2INO/c6-5(7)2-3(5)1-4(10)9-8/h3H,1-2H2,(H,9,10). The Bertz CT molecular complexity index is 162. The quantitative estimate of drug-likeness (QED) is 0.592. The topological polar surface area (TPSA) is 29.1 Å². The summed E-state index contributed by atoms with van der Waals surface area (Å²) >= 11 is 1.64. The first-order chi connectivity index (χ1) is 4.56. The maximum atomic E-state index is 12.1. The van der Waals surface area contributed by atoms with E-state index in [9.17, 15) is 13.6 Å². The molecule has 0 saturated heterocycles. The molecule has 1 aliphatic carbocycles. The van der Waals surface area contributed by atoms with E-state index in [0.29, 0.717) is 0 Å². The van der Waals surface area contributed by atoms with Crippen LogP contribution in [-0.2, 0) is 4.79 Å². The Morgan fingerprint density at radius 3 is 2.60 bits per heavy atom. The van der Waals surface area contributed by atoms with Gasteiger partial charge >= 0.3 is 0 Å². The Morgan fingerprint density at radius 1 is 1.80 bits per heavy atom. The van der Waals surface area contributed by atoms with Crippen molar-refractivity contribution in [3.05, 3.63) is 0 Å². The summed E-state index contributed by atoms with van der Waals surface area (Å²) in [6, 6.07) is 0. The van der Waals surface area contributed by atoms with Gasteiger partial charge in [0.25, 0.3) is 5.92 Å². The highest BCUT2D eigenvalue weighted by Crippen LogP contribution is 2.50. The molecule has 1 aliphatic rings. The number of carbonyl (C=O) groups is 1. The van der Waals surface area contributed by atoms with Gasteiger partial charge in [-0.1, -0.05) is 0 Å². The number of rotatable bonds is 2. The molecule has 1 rings (SSSR count). The molecule has 2 nitrogen and oxygen atoms in total. The first kappa shape index (κ1) is 8.16. The molecule has 0 aromatic rings. The largest absolute Gasteiger partial charge is 0.299 e. The van der Waals surface area contributed by atoms with E-state index in [1.165, 1.54) is 0 Å². The fourth-order valence-corrected chi connectivity index (χ4v) is 0.974. The summed E-state index contributed by atoms with van der Waals surface area (Å²) < 4.78 is 26.5. The summed E-state index contributed by atoms with van der Waals surface area (Å²) in [7, 11) is 0. The zero-order valence-electron chi connectivity index (χ0n) is 5.03. The molecule has 58 valence electrons. The SMILES string of the molecule is O=C(CC1CC1(F)F)NI. The van der Waals surface area contributed by atoms with Gasteiger partial charge < -0.3 is 0 Å². The molecule has 0 aromatic heterocycles. The van der Waals surface area contributed by atoms with Gasteiger partial charge in [0.15, 0.2) is 0 Å². The number of carbonyl (C=O) groups excluding carboxylic acids is 1. The van der Waals surface area contributed by atoms with Crippen LogP contribution in [0.3, 0.4) is 0 Å². The van der Waals surface area contributed by atoms with Crippen molar-refractivity contribution < 1.29 is 13.6 Å². The van der Waals surface area contributed by atoms with Crippen molar-refractivity contribution in [1.82, 2.24) is 3.53 Å². The molecular formula is C5H6F2INO. The summed E-state index contributed by atoms with van der Waals surface area (Å²) in [6.07, 6.45) is -0.174. The van der Waals surface area contributed by atoms with Crippen LogP contribution in [0, 0.1) is 5.92 Å². The van der Waals surface area contributed by atoms with Crippen LogP contribution in [0.2, 0.25) is 0 Å². The third-order valence-corrected chi connectivity index (χ3v) is 2.09. The Balaban J connectivity index is 2.24. The highest BCUT2D eigenvalue weighted by atomic mass is 127. The Labute approximate surface area is 70.9 Å². The van der Waals surface area contributed by atoms with Gasteiger partial charge in [0.2, 0.25) is 5.91 Å². The molecule has 1 fully saturated rings. The molecule has 1 amide bonds. The first-order valence-corrected chi connectivity index (χ1v) is 3.91. The zero-order valence-corrected chi connectivity index (χ0v) is 7.19. The average molecular weight is 261 g/mol. The second kappa shape index (κ2) is 2.60. The predicted octanol–water partition coefficient (Wildman–Crippen LogP) is 1.50. The van der Waals surface area contributed by atoms with E-state index in [1.54, 1.807) is 22.9 Å². The third kappa shape index (κ3) is 1.77. The minimum absolute atomic E-state index is 0.0457. The molecule has 1 atom stereocenters. The van der Waals surface area contributed by atoms with E-state index in [-0.39, 0.29) is 18.7 Å². The van der Waals surface area contributed by atoms with Crippen LogP contribution >= 0.6 is 22.9 Å². The van der Waals surface area contributed by atoms with Gasteiger partial charge in [0.05, 0.1) is 22.9 Å². The van der Waals surface area contributed by atoms with Crippen molar-refractivity contribution in [2.45, 2.75) is 18.8 Å². The number of alkyl halides is 2. The smallest absolute Gasteiger partial charge is 0.252 e. The monoisotopic (exact) mass is 261 g/mol. The maximum absolute atomic E-state index is 12.1. The van der Waals surface area contributed by atoms with Crippen molar-refractivity contribution in [1.29, 1.82) is 0 Å². The third-order valence-electron chi connectivity index (χ3n) is 1.49. The van der Waals surface area contributed by atoms with Gasteiger partial charge in [0, 0.05) is 18.8 Å². The van der Waals surface area contributed by atoms with E-state index in [4.69, 9.17) is 0 Å². The lowest BCUT2D eigenvalue weighted by atomic mass is 10.3. The highest BCUT2D eigenvalue weighted by Gasteiger charge is 2.57. The molecule has 1 saturated carbocycles. The van der Waals surface area contributed by atoms with Crippen molar-refractivity contribution in [2.24, 2.45) is 5.92 Å². The van der Waals surface area contributed by atoms with E-state index in [0.717, 1.165) is 0 Å². The van der Waals surface area contributed by atoms with Crippen molar-refractivity contribution in [3.63, 3.8) is 0 Å². The van der Waals surface area contributed by atoms with Crippen LogP contribution in [0.1, 0.15) is 12.8 Å². The number of hydrogen-bond acceptors (Lipinski definition) is 1. The predicted molar refractivity (Wildman–Crippen MR) is 39.8 cm³/mol. The van der Waals surface area contributed by atoms with Crippen LogP contribution < -0.4 is 3.53 Å². The molecule has 10 heavy (non-hydrogen) atoms. The Morgan fingerprint density at radius 2 is 2.30 bits per heavy atom. The maximum Gasteiger partial charge on any atom is 0.252 e. The van der Waals surface area contributed by atoms with Gasteiger partial charge in [-0.2, -0.15) is 0 Å². The van der Waals surface area contributed by atoms with Gasteiger partial charge in [0.1, 0.15) is 0 Å². The molecule has 0 aromatic carbocycles. The average Bonchev–Trinajstić information content (AvgIpc) is 2.40. The number of nitrogens with one attached hydrogen (secondary N) is 1. The number of amides is 1. The van der Waals surface area contributed by atoms with Gasteiger partial charge in [-0.05, 0) is 0 Å². The fourth-order valence-electron chi connectivity index (χ4n) is 0.753. The molecule has 0 radical (unpaired) electrons. The minimum Gasteiger partial charge on any atom is -0.299 e. The lowest BCUT2D eigenvalue weighted by Crippen LogP contribution is -2.13. The summed E-state index contributed by atoms with van der Waals surface area (Å²) in [5.74, 6) is -3.59. The van der Waals surface area contributed by atoms with Gasteiger partial charge in [-0.15, -0.1) is 0 Å². The summed E-state index contributed by atoms with van der Waals surface area (Å²) in [5, 5.41) is 0. The molecule has 0 aliphatic heterocycles. The van der Waals surface area contributed by atoms with Crippen LogP contribution in [0.15, 0.2) is 0 Å². The number of hydrogen-bond donors (Lipinski definition) is 1. The minimum atomic E-state index is -2.57. The molecule has 0 spiro atoms. The lowest BCUT2D eigenvalue weighted by molar-refractivity contribution is -0.119. The summed E-state index contributed by atoms with van der Waals surface area (Å²) in [6.45, 7) is 0. The number of halogens is 3. The molecular weight excluding hydrogens is 255 g/mol. The van der Waals surface area contributed by atoms with Gasteiger partial charge in [-0.3, -0.25) is 8.32 Å². The van der Waals surface area contributed by atoms with Crippen LogP contribution in [0.25, 0.3) is 0 Å². The summed E-state index contributed by atoms with van der Waals surface area (Å²) in [5.41, 5.74) is 0. The van der Waals surface area contributed by atoms with E-state index in [2.05, 4.69) is 3.53 Å². The first-order valence-electron chi connectivity index (χ1n) is 2.83. The normalized spacial score (nSPS) is 27.7. The Hall–Kier alpha value is 0.0600. The van der Waals surface area contributed by atoms with Crippen molar-refractivity contribution in [3.8, 4) is 0 Å². The molecule has 0 heterocycles. The second-order valence-corrected chi connectivity index (χ2v) is 2.92. The van der Waals surface area contributed by atoms with E-state index >= 15 is 0 Å². The van der Waals surface area contributed by atoms with Crippen LogP contribution in [0.4, 0.5) is 8.78 Å². The van der Waals surface area contributed by atoms with Crippen molar-refractivity contribution >= 4 is 28.8 Å². The van der Waals surface area contributed by atoms with Crippen LogP contribution in [0.5, 0.6) is 0 Å². The Kier molecular flexibility index (Phi) is 2.12. The summed E-state index contributed by atoms with van der Waals surface area (Å²) in [4.78, 5) is 10.5. The van der Waals surface area contributed by atoms with Crippen LogP contribution in [-0.4, -0.2) is 11.8 Å². The van der Waals surface area contributed by atoms with Gasteiger partial charge in [-0.25, -0.2) is 8.78 Å². The molecule has 1 N–H and O–H groups in total. The second-order valence-electron chi connectivity index (χ2n) is 2.38. The lowest BCUT2D eigenvalue weighted by Gasteiger charge is -1.94. The zero-order chi connectivity index (χ0) is 7.78. The fraction of sp³-hybridized carbons (Fsp3) is 0.800. The molecule has 1 unspecified atom stereocenters. The van der Waals surface area contributed by atoms with E-state index < -0.39 is 11.8 Å².